The standard InChI is InChI=1S/C21H20ClFN2OS/c1-3-4-11-27-21-24-19(12-15-7-5-14(2)6-8-15)20(26)25(21)16-9-10-18(23)17(22)13-16/h5-10,12-13H,3-4,11H2,1-2H3/b19-12-. The SMILES string of the molecule is CCCCSC1=N/C(=C\c2ccc(C)cc2)C(=O)N1c1ccc(F)c(Cl)c1. The molecule has 0 bridgehead atoms. The number of halogens is 2. The summed E-state index contributed by atoms with van der Waals surface area (Å²) in [7, 11) is 0. The highest BCUT2D eigenvalue weighted by molar-refractivity contribution is 8.14. The molecule has 1 amide bonds. The Hall–Kier alpha value is -2.11. The van der Waals surface area contributed by atoms with E-state index in [2.05, 4.69) is 11.9 Å². The summed E-state index contributed by atoms with van der Waals surface area (Å²) in [5, 5.41) is 0.573. The summed E-state index contributed by atoms with van der Waals surface area (Å²) in [5.41, 5.74) is 2.93. The van der Waals surface area contributed by atoms with E-state index in [9.17, 15) is 9.18 Å². The van der Waals surface area contributed by atoms with Crippen LogP contribution in [-0.2, 0) is 4.79 Å². The molecule has 0 radical (unpaired) electrons. The Morgan fingerprint density at radius 2 is 1.96 bits per heavy atom. The van der Waals surface area contributed by atoms with Crippen molar-refractivity contribution in [3.63, 3.8) is 0 Å². The highest BCUT2D eigenvalue weighted by Crippen LogP contribution is 2.32. The molecule has 2 aromatic rings. The number of carbonyl (C=O) groups is 1. The molecular formula is C21H20ClFN2OS. The maximum atomic E-state index is 13.5. The van der Waals surface area contributed by atoms with E-state index in [0.717, 1.165) is 29.7 Å². The molecule has 0 atom stereocenters. The average Bonchev–Trinajstić information content (AvgIpc) is 2.95. The molecule has 3 nitrogen and oxygen atoms in total. The number of amides is 1. The van der Waals surface area contributed by atoms with Crippen molar-refractivity contribution in [1.29, 1.82) is 0 Å². The first-order valence-electron chi connectivity index (χ1n) is 8.79. The number of benzene rings is 2. The Balaban J connectivity index is 1.95. The van der Waals surface area contributed by atoms with Crippen LogP contribution in [0.5, 0.6) is 0 Å². The molecule has 0 spiro atoms. The van der Waals surface area contributed by atoms with Gasteiger partial charge >= 0.3 is 0 Å². The quantitative estimate of drug-likeness (QED) is 0.449. The molecule has 1 heterocycles. The summed E-state index contributed by atoms with van der Waals surface area (Å²) in [6.07, 6.45) is 3.85. The van der Waals surface area contributed by atoms with Gasteiger partial charge in [0.1, 0.15) is 11.5 Å². The van der Waals surface area contributed by atoms with E-state index in [1.54, 1.807) is 12.1 Å². The summed E-state index contributed by atoms with van der Waals surface area (Å²) < 4.78 is 13.5. The number of anilines is 1. The summed E-state index contributed by atoms with van der Waals surface area (Å²) in [6.45, 7) is 4.13. The summed E-state index contributed by atoms with van der Waals surface area (Å²) in [4.78, 5) is 19.1. The molecule has 0 N–H and O–H groups in total. The lowest BCUT2D eigenvalue weighted by Gasteiger charge is -2.18. The van der Waals surface area contributed by atoms with E-state index < -0.39 is 5.82 Å². The number of hydrogen-bond acceptors (Lipinski definition) is 3. The van der Waals surface area contributed by atoms with Crippen molar-refractivity contribution in [1.82, 2.24) is 0 Å². The van der Waals surface area contributed by atoms with Crippen LogP contribution in [0.3, 0.4) is 0 Å². The van der Waals surface area contributed by atoms with Crippen LogP contribution in [0, 0.1) is 12.7 Å². The molecule has 1 aliphatic heterocycles. The number of amidine groups is 1. The van der Waals surface area contributed by atoms with Gasteiger partial charge in [0.25, 0.3) is 5.91 Å². The van der Waals surface area contributed by atoms with E-state index >= 15 is 0 Å². The highest BCUT2D eigenvalue weighted by atomic mass is 35.5. The number of thioether (sulfide) groups is 1. The minimum Gasteiger partial charge on any atom is -0.266 e. The summed E-state index contributed by atoms with van der Waals surface area (Å²) >= 11 is 7.44. The molecule has 0 saturated carbocycles. The minimum absolute atomic E-state index is 0.0193. The van der Waals surface area contributed by atoms with Crippen molar-refractivity contribution in [2.24, 2.45) is 4.99 Å². The van der Waals surface area contributed by atoms with Gasteiger partial charge in [0.05, 0.1) is 10.7 Å². The molecule has 0 aliphatic carbocycles. The molecule has 27 heavy (non-hydrogen) atoms. The van der Waals surface area contributed by atoms with E-state index in [1.165, 1.54) is 28.8 Å². The van der Waals surface area contributed by atoms with Crippen molar-refractivity contribution in [2.45, 2.75) is 26.7 Å². The smallest absolute Gasteiger partial charge is 0.266 e. The van der Waals surface area contributed by atoms with Gasteiger partial charge in [0.15, 0.2) is 5.17 Å². The van der Waals surface area contributed by atoms with Gasteiger partial charge < -0.3 is 0 Å². The van der Waals surface area contributed by atoms with Crippen molar-refractivity contribution in [3.05, 3.63) is 70.1 Å². The molecular weight excluding hydrogens is 383 g/mol. The summed E-state index contributed by atoms with van der Waals surface area (Å²) in [5.74, 6) is 0.100. The Kier molecular flexibility index (Phi) is 6.34. The third-order valence-electron chi connectivity index (χ3n) is 4.10. The van der Waals surface area contributed by atoms with Crippen LogP contribution < -0.4 is 4.90 Å². The van der Waals surface area contributed by atoms with E-state index in [1.807, 2.05) is 31.2 Å². The van der Waals surface area contributed by atoms with Gasteiger partial charge in [-0.3, -0.25) is 9.69 Å². The van der Waals surface area contributed by atoms with E-state index in [-0.39, 0.29) is 10.9 Å². The van der Waals surface area contributed by atoms with Crippen LogP contribution in [0.15, 0.2) is 53.2 Å². The monoisotopic (exact) mass is 402 g/mol. The first-order chi connectivity index (χ1) is 13.0. The molecule has 0 saturated heterocycles. The van der Waals surface area contributed by atoms with Crippen LogP contribution >= 0.6 is 23.4 Å². The Morgan fingerprint density at radius 1 is 1.22 bits per heavy atom. The van der Waals surface area contributed by atoms with Gasteiger partial charge in [0, 0.05) is 5.75 Å². The number of unbranched alkanes of at least 4 members (excludes halogenated alkanes) is 1. The van der Waals surface area contributed by atoms with Crippen LogP contribution in [0.2, 0.25) is 5.02 Å². The Morgan fingerprint density at radius 3 is 2.63 bits per heavy atom. The second-order valence-electron chi connectivity index (χ2n) is 6.28. The molecule has 1 aliphatic rings. The maximum Gasteiger partial charge on any atom is 0.283 e. The third kappa shape index (κ3) is 4.60. The predicted molar refractivity (Wildman–Crippen MR) is 113 cm³/mol. The largest absolute Gasteiger partial charge is 0.283 e. The zero-order chi connectivity index (χ0) is 19.4. The zero-order valence-electron chi connectivity index (χ0n) is 15.2. The molecule has 6 heteroatoms. The lowest BCUT2D eigenvalue weighted by atomic mass is 10.1. The lowest BCUT2D eigenvalue weighted by Crippen LogP contribution is -2.30. The fraction of sp³-hybridized carbons (Fsp3) is 0.238. The summed E-state index contributed by atoms with van der Waals surface area (Å²) in [6, 6.07) is 12.1. The number of hydrogen-bond donors (Lipinski definition) is 0. The Bertz CT molecular complexity index is 909. The Labute approximate surface area is 167 Å². The van der Waals surface area contributed by atoms with Crippen molar-refractivity contribution in [3.8, 4) is 0 Å². The second kappa shape index (κ2) is 8.72. The zero-order valence-corrected chi connectivity index (χ0v) is 16.8. The van der Waals surface area contributed by atoms with Gasteiger partial charge in [-0.1, -0.05) is 66.5 Å². The average molecular weight is 403 g/mol. The molecule has 3 rings (SSSR count). The highest BCUT2D eigenvalue weighted by Gasteiger charge is 2.32. The van der Waals surface area contributed by atoms with Crippen LogP contribution in [-0.4, -0.2) is 16.8 Å². The van der Waals surface area contributed by atoms with Crippen molar-refractivity contribution < 1.29 is 9.18 Å². The molecule has 0 unspecified atom stereocenters. The van der Waals surface area contributed by atoms with E-state index in [4.69, 9.17) is 11.6 Å². The van der Waals surface area contributed by atoms with Gasteiger partial charge in [0.2, 0.25) is 0 Å². The van der Waals surface area contributed by atoms with Gasteiger partial charge in [-0.05, 0) is 43.2 Å². The fourth-order valence-corrected chi connectivity index (χ4v) is 3.84. The maximum absolute atomic E-state index is 13.5. The third-order valence-corrected chi connectivity index (χ3v) is 5.42. The topological polar surface area (TPSA) is 32.7 Å². The van der Waals surface area contributed by atoms with Gasteiger partial charge in [-0.15, -0.1) is 0 Å². The van der Waals surface area contributed by atoms with Crippen LogP contribution in [0.1, 0.15) is 30.9 Å². The van der Waals surface area contributed by atoms with Gasteiger partial charge in [-0.25, -0.2) is 9.38 Å². The second-order valence-corrected chi connectivity index (χ2v) is 7.74. The van der Waals surface area contributed by atoms with Crippen LogP contribution in [0.4, 0.5) is 10.1 Å². The van der Waals surface area contributed by atoms with Crippen LogP contribution in [0.25, 0.3) is 6.08 Å². The lowest BCUT2D eigenvalue weighted by molar-refractivity contribution is -0.113. The number of nitrogens with zero attached hydrogens (tertiary/aromatic N) is 2. The normalized spacial score (nSPS) is 15.6. The number of aliphatic imine (C=N–C) groups is 1. The minimum atomic E-state index is -0.514. The predicted octanol–water partition coefficient (Wildman–Crippen LogP) is 6.06. The molecule has 0 fully saturated rings. The number of rotatable bonds is 5. The number of aryl methyl sites for hydroxylation is 1. The molecule has 140 valence electrons. The molecule has 2 aromatic carbocycles. The first-order valence-corrected chi connectivity index (χ1v) is 10.2. The van der Waals surface area contributed by atoms with Crippen molar-refractivity contribution in [2.75, 3.05) is 10.7 Å². The van der Waals surface area contributed by atoms with Crippen molar-refractivity contribution >= 4 is 46.2 Å². The number of carbonyl (C=O) groups excluding carboxylic acids is 1. The van der Waals surface area contributed by atoms with Gasteiger partial charge in [-0.2, -0.15) is 0 Å². The molecule has 0 aromatic heterocycles. The fourth-order valence-electron chi connectivity index (χ4n) is 2.57. The van der Waals surface area contributed by atoms with E-state index in [0.29, 0.717) is 16.6 Å². The first kappa shape index (κ1) is 19.6.